The van der Waals surface area contributed by atoms with E-state index in [9.17, 15) is 0 Å². The number of nitrogens with one attached hydrogen (secondary N) is 1. The van der Waals surface area contributed by atoms with Crippen LogP contribution in [0.15, 0.2) is 30.7 Å². The maximum absolute atomic E-state index is 5.35. The maximum atomic E-state index is 5.35. The van der Waals surface area contributed by atoms with Crippen molar-refractivity contribution in [2.24, 2.45) is 7.05 Å². The molecule has 7 heteroatoms. The van der Waals surface area contributed by atoms with Crippen molar-refractivity contribution in [1.82, 2.24) is 19.7 Å². The summed E-state index contributed by atoms with van der Waals surface area (Å²) in [5.41, 5.74) is 1.52. The number of hydrogen-bond acceptors (Lipinski definition) is 6. The van der Waals surface area contributed by atoms with Gasteiger partial charge in [0, 0.05) is 13.1 Å². The van der Waals surface area contributed by atoms with Crippen molar-refractivity contribution in [1.29, 1.82) is 0 Å². The fourth-order valence-corrected chi connectivity index (χ4v) is 2.10. The van der Waals surface area contributed by atoms with Crippen LogP contribution in [0.3, 0.4) is 0 Å². The summed E-state index contributed by atoms with van der Waals surface area (Å²) in [7, 11) is 5.08. The first kappa shape index (κ1) is 13.2. The van der Waals surface area contributed by atoms with Crippen LogP contribution < -0.4 is 14.8 Å². The Hall–Kier alpha value is -2.83. The highest BCUT2D eigenvalue weighted by Crippen LogP contribution is 2.32. The SMILES string of the molecule is COc1ccc(OC)c(Nc2ncnc3c2cnn3C)c1. The van der Waals surface area contributed by atoms with E-state index in [-0.39, 0.29) is 0 Å². The van der Waals surface area contributed by atoms with Gasteiger partial charge in [0.1, 0.15) is 23.6 Å². The molecule has 0 spiro atoms. The predicted octanol–water partition coefficient (Wildman–Crippen LogP) is 2.12. The molecule has 0 fully saturated rings. The molecule has 0 bridgehead atoms. The van der Waals surface area contributed by atoms with Gasteiger partial charge in [0.2, 0.25) is 0 Å². The first-order valence-electron chi connectivity index (χ1n) is 6.34. The number of nitrogens with zero attached hydrogens (tertiary/aromatic N) is 4. The molecule has 2 heterocycles. The van der Waals surface area contributed by atoms with Gasteiger partial charge in [0.15, 0.2) is 5.65 Å². The monoisotopic (exact) mass is 285 g/mol. The van der Waals surface area contributed by atoms with Crippen LogP contribution in [0.25, 0.3) is 11.0 Å². The third-order valence-corrected chi connectivity index (χ3v) is 3.19. The predicted molar refractivity (Wildman–Crippen MR) is 79.1 cm³/mol. The number of fused-ring (bicyclic) bond motifs is 1. The Morgan fingerprint density at radius 1 is 1.14 bits per heavy atom. The van der Waals surface area contributed by atoms with E-state index in [2.05, 4.69) is 20.4 Å². The molecule has 0 aliphatic heterocycles. The summed E-state index contributed by atoms with van der Waals surface area (Å²) in [5.74, 6) is 2.10. The van der Waals surface area contributed by atoms with Gasteiger partial charge >= 0.3 is 0 Å². The Kier molecular flexibility index (Phi) is 3.31. The number of benzene rings is 1. The van der Waals surface area contributed by atoms with E-state index in [1.165, 1.54) is 6.33 Å². The van der Waals surface area contributed by atoms with Gasteiger partial charge in [-0.25, -0.2) is 9.97 Å². The summed E-state index contributed by atoms with van der Waals surface area (Å²) in [4.78, 5) is 8.49. The smallest absolute Gasteiger partial charge is 0.163 e. The van der Waals surface area contributed by atoms with Crippen molar-refractivity contribution < 1.29 is 9.47 Å². The van der Waals surface area contributed by atoms with Crippen LogP contribution >= 0.6 is 0 Å². The average Bonchev–Trinajstić information content (AvgIpc) is 2.90. The Labute approximate surface area is 121 Å². The van der Waals surface area contributed by atoms with Crippen molar-refractivity contribution in [3.63, 3.8) is 0 Å². The van der Waals surface area contributed by atoms with Gasteiger partial charge in [-0.2, -0.15) is 5.10 Å². The molecule has 0 amide bonds. The van der Waals surface area contributed by atoms with E-state index < -0.39 is 0 Å². The standard InChI is InChI=1S/C14H15N5O2/c1-19-14-10(7-17-19)13(15-8-16-14)18-11-6-9(20-2)4-5-12(11)21-3/h4-8H,1-3H3,(H,15,16,18). The minimum Gasteiger partial charge on any atom is -0.497 e. The highest BCUT2D eigenvalue weighted by atomic mass is 16.5. The van der Waals surface area contributed by atoms with Gasteiger partial charge in [0.05, 0.1) is 31.5 Å². The fraction of sp³-hybridized carbons (Fsp3) is 0.214. The molecule has 0 unspecified atom stereocenters. The zero-order chi connectivity index (χ0) is 14.8. The van der Waals surface area contributed by atoms with Gasteiger partial charge in [0.25, 0.3) is 0 Å². The minimum absolute atomic E-state index is 0.666. The molecule has 0 atom stereocenters. The van der Waals surface area contributed by atoms with Crippen LogP contribution in [0.4, 0.5) is 11.5 Å². The molecule has 7 nitrogen and oxygen atoms in total. The van der Waals surface area contributed by atoms with Crippen LogP contribution in [-0.2, 0) is 7.05 Å². The summed E-state index contributed by atoms with van der Waals surface area (Å²) < 4.78 is 12.3. The van der Waals surface area contributed by atoms with Gasteiger partial charge in [-0.1, -0.05) is 0 Å². The summed E-state index contributed by atoms with van der Waals surface area (Å²) in [6, 6.07) is 5.52. The number of hydrogen-bond donors (Lipinski definition) is 1. The third-order valence-electron chi connectivity index (χ3n) is 3.19. The van der Waals surface area contributed by atoms with Gasteiger partial charge in [-0.15, -0.1) is 0 Å². The highest BCUT2D eigenvalue weighted by Gasteiger charge is 2.11. The average molecular weight is 285 g/mol. The first-order chi connectivity index (χ1) is 10.2. The van der Waals surface area contributed by atoms with E-state index in [0.29, 0.717) is 11.6 Å². The van der Waals surface area contributed by atoms with Gasteiger partial charge < -0.3 is 14.8 Å². The number of rotatable bonds is 4. The summed E-state index contributed by atoms with van der Waals surface area (Å²) >= 11 is 0. The lowest BCUT2D eigenvalue weighted by atomic mass is 10.2. The number of anilines is 2. The van der Waals surface area contributed by atoms with Crippen LogP contribution in [0.5, 0.6) is 11.5 Å². The quantitative estimate of drug-likeness (QED) is 0.791. The molecule has 0 saturated carbocycles. The number of aryl methyl sites for hydroxylation is 1. The van der Waals surface area contributed by atoms with Crippen molar-refractivity contribution in [3.05, 3.63) is 30.7 Å². The Bertz CT molecular complexity index is 784. The Morgan fingerprint density at radius 2 is 2.00 bits per heavy atom. The molecule has 3 rings (SSSR count). The molecular formula is C14H15N5O2. The number of ether oxygens (including phenoxy) is 2. The van der Waals surface area contributed by atoms with Crippen LogP contribution in [0.2, 0.25) is 0 Å². The van der Waals surface area contributed by atoms with E-state index in [1.54, 1.807) is 25.1 Å². The highest BCUT2D eigenvalue weighted by molar-refractivity contribution is 5.88. The van der Waals surface area contributed by atoms with Crippen LogP contribution in [0.1, 0.15) is 0 Å². The zero-order valence-electron chi connectivity index (χ0n) is 12.0. The summed E-state index contributed by atoms with van der Waals surface area (Å²) in [6.45, 7) is 0. The van der Waals surface area contributed by atoms with E-state index in [1.807, 2.05) is 25.2 Å². The van der Waals surface area contributed by atoms with Crippen LogP contribution in [-0.4, -0.2) is 34.0 Å². The second-order valence-corrected chi connectivity index (χ2v) is 4.42. The van der Waals surface area contributed by atoms with Crippen molar-refractivity contribution >= 4 is 22.5 Å². The Morgan fingerprint density at radius 3 is 2.76 bits per heavy atom. The van der Waals surface area contributed by atoms with Crippen molar-refractivity contribution in [3.8, 4) is 11.5 Å². The second-order valence-electron chi connectivity index (χ2n) is 4.42. The number of aromatic nitrogens is 4. The van der Waals surface area contributed by atoms with Crippen molar-refractivity contribution in [2.75, 3.05) is 19.5 Å². The zero-order valence-corrected chi connectivity index (χ0v) is 12.0. The molecule has 0 aliphatic carbocycles. The molecule has 3 aromatic rings. The lowest BCUT2D eigenvalue weighted by Crippen LogP contribution is -1.99. The summed E-state index contributed by atoms with van der Waals surface area (Å²) in [5, 5.41) is 8.28. The molecule has 0 radical (unpaired) electrons. The van der Waals surface area contributed by atoms with E-state index in [0.717, 1.165) is 22.5 Å². The molecule has 1 N–H and O–H groups in total. The largest absolute Gasteiger partial charge is 0.497 e. The lowest BCUT2D eigenvalue weighted by molar-refractivity contribution is 0.405. The normalized spacial score (nSPS) is 10.6. The molecule has 0 saturated heterocycles. The van der Waals surface area contributed by atoms with E-state index >= 15 is 0 Å². The molecule has 21 heavy (non-hydrogen) atoms. The molecule has 0 aliphatic rings. The van der Waals surface area contributed by atoms with Gasteiger partial charge in [-0.05, 0) is 12.1 Å². The third kappa shape index (κ3) is 2.33. The lowest BCUT2D eigenvalue weighted by Gasteiger charge is -2.12. The molecule has 2 aromatic heterocycles. The Balaban J connectivity index is 2.06. The number of methoxy groups -OCH3 is 2. The fourth-order valence-electron chi connectivity index (χ4n) is 2.10. The second kappa shape index (κ2) is 5.28. The minimum atomic E-state index is 0.666. The maximum Gasteiger partial charge on any atom is 0.163 e. The van der Waals surface area contributed by atoms with Crippen LogP contribution in [0, 0.1) is 0 Å². The topological polar surface area (TPSA) is 74.1 Å². The molecule has 1 aromatic carbocycles. The summed E-state index contributed by atoms with van der Waals surface area (Å²) in [6.07, 6.45) is 3.23. The molecule has 108 valence electrons. The van der Waals surface area contributed by atoms with E-state index in [4.69, 9.17) is 9.47 Å². The van der Waals surface area contributed by atoms with Crippen molar-refractivity contribution in [2.45, 2.75) is 0 Å². The first-order valence-corrected chi connectivity index (χ1v) is 6.34. The van der Waals surface area contributed by atoms with Gasteiger partial charge in [-0.3, -0.25) is 4.68 Å². The molecular weight excluding hydrogens is 270 g/mol.